The number of para-hydroxylation sites is 1. The maximum absolute atomic E-state index is 12.0. The third-order valence-electron chi connectivity index (χ3n) is 3.92. The Balaban J connectivity index is 1.75. The molecule has 1 fully saturated rings. The highest BCUT2D eigenvalue weighted by atomic mass is 16.5. The highest BCUT2D eigenvalue weighted by molar-refractivity contribution is 5.77. The molecule has 0 atom stereocenters. The second kappa shape index (κ2) is 7.93. The topological polar surface area (TPSA) is 38.3 Å². The normalized spacial score (nSPS) is 17.1. The number of aryl methyl sites for hydroxylation is 1. The third-order valence-corrected chi connectivity index (χ3v) is 3.92. The Morgan fingerprint density at radius 1 is 1.15 bits per heavy atom. The van der Waals surface area contributed by atoms with Crippen LogP contribution in [0.5, 0.6) is 5.75 Å². The average Bonchev–Trinajstić information content (AvgIpc) is 2.41. The fraction of sp³-hybridized carbons (Fsp3) is 0.588. The minimum atomic E-state index is -0.00109. The van der Waals surface area contributed by atoms with Crippen LogP contribution in [0.1, 0.15) is 50.5 Å². The summed E-state index contributed by atoms with van der Waals surface area (Å²) < 4.78 is 5.58. The standard InChI is InChI=1S/C17H25NO2/c1-14-9-7-8-12-16(14)20-13-17(19)18-15-10-5-3-2-4-6-11-15/h7-9,12,15H,2-6,10-11,13H2,1H3,(H,18,19). The van der Waals surface area contributed by atoms with Gasteiger partial charge in [0.1, 0.15) is 5.75 Å². The molecule has 1 saturated carbocycles. The van der Waals surface area contributed by atoms with Crippen LogP contribution < -0.4 is 10.1 Å². The van der Waals surface area contributed by atoms with E-state index in [0.29, 0.717) is 6.04 Å². The highest BCUT2D eigenvalue weighted by Gasteiger charge is 2.14. The second-order valence-electron chi connectivity index (χ2n) is 5.66. The van der Waals surface area contributed by atoms with Gasteiger partial charge >= 0.3 is 0 Å². The molecule has 0 radical (unpaired) electrons. The number of hydrogen-bond donors (Lipinski definition) is 1. The van der Waals surface area contributed by atoms with Crippen molar-refractivity contribution in [3.05, 3.63) is 29.8 Å². The Kier molecular flexibility index (Phi) is 5.90. The van der Waals surface area contributed by atoms with Crippen molar-refractivity contribution in [1.82, 2.24) is 5.32 Å². The maximum atomic E-state index is 12.0. The highest BCUT2D eigenvalue weighted by Crippen LogP contribution is 2.18. The lowest BCUT2D eigenvalue weighted by molar-refractivity contribution is -0.123. The number of carbonyl (C=O) groups excluding carboxylic acids is 1. The molecule has 1 aromatic rings. The Morgan fingerprint density at radius 2 is 1.80 bits per heavy atom. The zero-order valence-electron chi connectivity index (χ0n) is 12.4. The smallest absolute Gasteiger partial charge is 0.258 e. The van der Waals surface area contributed by atoms with Crippen molar-refractivity contribution in [3.63, 3.8) is 0 Å². The molecule has 1 aliphatic rings. The molecule has 110 valence electrons. The lowest BCUT2D eigenvalue weighted by Crippen LogP contribution is -2.38. The van der Waals surface area contributed by atoms with E-state index in [0.717, 1.165) is 24.2 Å². The van der Waals surface area contributed by atoms with Crippen molar-refractivity contribution < 1.29 is 9.53 Å². The van der Waals surface area contributed by atoms with Gasteiger partial charge in [-0.05, 0) is 31.4 Å². The molecule has 0 spiro atoms. The summed E-state index contributed by atoms with van der Waals surface area (Å²) in [6, 6.07) is 8.12. The van der Waals surface area contributed by atoms with Crippen molar-refractivity contribution in [1.29, 1.82) is 0 Å². The van der Waals surface area contributed by atoms with E-state index in [4.69, 9.17) is 4.74 Å². The van der Waals surface area contributed by atoms with Crippen LogP contribution >= 0.6 is 0 Å². The Labute approximate surface area is 121 Å². The molecular weight excluding hydrogens is 250 g/mol. The van der Waals surface area contributed by atoms with Crippen LogP contribution in [0.2, 0.25) is 0 Å². The first-order chi connectivity index (χ1) is 9.75. The van der Waals surface area contributed by atoms with Gasteiger partial charge in [0.2, 0.25) is 0 Å². The Morgan fingerprint density at radius 3 is 2.50 bits per heavy atom. The van der Waals surface area contributed by atoms with Crippen molar-refractivity contribution in [3.8, 4) is 5.75 Å². The van der Waals surface area contributed by atoms with Crippen LogP contribution in [0.25, 0.3) is 0 Å². The van der Waals surface area contributed by atoms with E-state index in [-0.39, 0.29) is 12.5 Å². The van der Waals surface area contributed by atoms with Crippen molar-refractivity contribution >= 4 is 5.91 Å². The maximum Gasteiger partial charge on any atom is 0.258 e. The molecule has 20 heavy (non-hydrogen) atoms. The zero-order valence-corrected chi connectivity index (χ0v) is 12.4. The lowest BCUT2D eigenvalue weighted by Gasteiger charge is -2.21. The fourth-order valence-corrected chi connectivity index (χ4v) is 2.73. The van der Waals surface area contributed by atoms with E-state index in [9.17, 15) is 4.79 Å². The summed E-state index contributed by atoms with van der Waals surface area (Å²) >= 11 is 0. The van der Waals surface area contributed by atoms with E-state index in [1.54, 1.807) is 0 Å². The number of ether oxygens (including phenoxy) is 1. The summed E-state index contributed by atoms with van der Waals surface area (Å²) in [7, 11) is 0. The van der Waals surface area contributed by atoms with Gasteiger partial charge in [0.25, 0.3) is 5.91 Å². The molecule has 1 amide bonds. The van der Waals surface area contributed by atoms with Crippen molar-refractivity contribution in [2.75, 3.05) is 6.61 Å². The predicted molar refractivity (Wildman–Crippen MR) is 80.9 cm³/mol. The molecule has 0 saturated heterocycles. The molecule has 0 aliphatic heterocycles. The summed E-state index contributed by atoms with van der Waals surface area (Å²) in [5.74, 6) is 0.791. The minimum Gasteiger partial charge on any atom is -0.484 e. The monoisotopic (exact) mass is 275 g/mol. The first kappa shape index (κ1) is 14.9. The minimum absolute atomic E-state index is 0.00109. The predicted octanol–water partition coefficient (Wildman–Crippen LogP) is 3.60. The van der Waals surface area contributed by atoms with Crippen LogP contribution in [0.15, 0.2) is 24.3 Å². The molecule has 1 aromatic carbocycles. The molecule has 0 aromatic heterocycles. The second-order valence-corrected chi connectivity index (χ2v) is 5.66. The Hall–Kier alpha value is -1.51. The van der Waals surface area contributed by atoms with Crippen LogP contribution in [0.3, 0.4) is 0 Å². The molecule has 0 unspecified atom stereocenters. The first-order valence-corrected chi connectivity index (χ1v) is 7.73. The number of rotatable bonds is 4. The van der Waals surface area contributed by atoms with Gasteiger partial charge in [-0.1, -0.05) is 50.3 Å². The van der Waals surface area contributed by atoms with Crippen LogP contribution in [0.4, 0.5) is 0 Å². The molecule has 1 aliphatic carbocycles. The molecular formula is C17H25NO2. The SMILES string of the molecule is Cc1ccccc1OCC(=O)NC1CCCCCCC1. The van der Waals surface area contributed by atoms with Gasteiger partial charge in [0, 0.05) is 6.04 Å². The molecule has 2 rings (SSSR count). The van der Waals surface area contributed by atoms with Gasteiger partial charge in [0.15, 0.2) is 6.61 Å². The molecule has 0 bridgehead atoms. The average molecular weight is 275 g/mol. The number of amides is 1. The molecule has 1 N–H and O–H groups in total. The number of nitrogens with one attached hydrogen (secondary N) is 1. The van der Waals surface area contributed by atoms with Gasteiger partial charge < -0.3 is 10.1 Å². The summed E-state index contributed by atoms with van der Waals surface area (Å²) in [4.78, 5) is 12.0. The number of benzene rings is 1. The Bertz CT molecular complexity index is 423. The quantitative estimate of drug-likeness (QED) is 0.911. The summed E-state index contributed by atoms with van der Waals surface area (Å²) in [6.07, 6.45) is 8.61. The third kappa shape index (κ3) is 4.87. The van der Waals surface area contributed by atoms with E-state index in [1.165, 1.54) is 32.1 Å². The van der Waals surface area contributed by atoms with Crippen molar-refractivity contribution in [2.24, 2.45) is 0 Å². The van der Waals surface area contributed by atoms with Gasteiger partial charge in [-0.15, -0.1) is 0 Å². The summed E-state index contributed by atoms with van der Waals surface area (Å²) in [5, 5.41) is 3.11. The number of hydrogen-bond acceptors (Lipinski definition) is 2. The zero-order chi connectivity index (χ0) is 14.2. The molecule has 3 heteroatoms. The molecule has 3 nitrogen and oxygen atoms in total. The van der Waals surface area contributed by atoms with E-state index in [2.05, 4.69) is 5.32 Å². The van der Waals surface area contributed by atoms with Crippen LogP contribution in [-0.4, -0.2) is 18.6 Å². The van der Waals surface area contributed by atoms with E-state index >= 15 is 0 Å². The van der Waals surface area contributed by atoms with E-state index < -0.39 is 0 Å². The largest absolute Gasteiger partial charge is 0.484 e. The van der Waals surface area contributed by atoms with Crippen LogP contribution in [-0.2, 0) is 4.79 Å². The fourth-order valence-electron chi connectivity index (χ4n) is 2.73. The van der Waals surface area contributed by atoms with Gasteiger partial charge in [-0.25, -0.2) is 0 Å². The van der Waals surface area contributed by atoms with Gasteiger partial charge in [0.05, 0.1) is 0 Å². The van der Waals surface area contributed by atoms with Crippen molar-refractivity contribution in [2.45, 2.75) is 57.9 Å². The van der Waals surface area contributed by atoms with Gasteiger partial charge in [-0.2, -0.15) is 0 Å². The summed E-state index contributed by atoms with van der Waals surface area (Å²) in [5.41, 5.74) is 1.06. The van der Waals surface area contributed by atoms with Crippen LogP contribution in [0, 0.1) is 6.92 Å². The first-order valence-electron chi connectivity index (χ1n) is 7.73. The lowest BCUT2D eigenvalue weighted by atomic mass is 9.97. The van der Waals surface area contributed by atoms with E-state index in [1.807, 2.05) is 31.2 Å². The van der Waals surface area contributed by atoms with Gasteiger partial charge in [-0.3, -0.25) is 4.79 Å². The number of carbonyl (C=O) groups is 1. The molecule has 0 heterocycles. The summed E-state index contributed by atoms with van der Waals surface area (Å²) in [6.45, 7) is 2.10.